The van der Waals surface area contributed by atoms with Gasteiger partial charge in [-0.15, -0.1) is 0 Å². The number of likely N-dealkylation sites (N-methyl/N-ethyl adjacent to an activating group) is 1. The maximum absolute atomic E-state index is 4.23. The van der Waals surface area contributed by atoms with Crippen LogP contribution in [0.3, 0.4) is 0 Å². The summed E-state index contributed by atoms with van der Waals surface area (Å²) in [5, 5.41) is 3.45. The Morgan fingerprint density at radius 1 is 1.29 bits per heavy atom. The van der Waals surface area contributed by atoms with Gasteiger partial charge < -0.3 is 5.32 Å². The molecule has 1 aromatic heterocycles. The monoisotopic (exact) mass is 193 g/mol. The van der Waals surface area contributed by atoms with Gasteiger partial charge in [-0.1, -0.05) is 20.3 Å². The van der Waals surface area contributed by atoms with E-state index in [1.807, 2.05) is 6.07 Å². The van der Waals surface area contributed by atoms with E-state index in [-0.39, 0.29) is 0 Å². The van der Waals surface area contributed by atoms with Gasteiger partial charge in [-0.25, -0.2) is 9.97 Å². The highest BCUT2D eigenvalue weighted by molar-refractivity contribution is 4.91. The lowest BCUT2D eigenvalue weighted by Crippen LogP contribution is -2.31. The molecule has 1 rings (SSSR count). The Balaban J connectivity index is 2.46. The molecule has 14 heavy (non-hydrogen) atoms. The van der Waals surface area contributed by atoms with E-state index in [4.69, 9.17) is 0 Å². The summed E-state index contributed by atoms with van der Waals surface area (Å²) in [5.41, 5.74) is 0. The van der Waals surface area contributed by atoms with Crippen molar-refractivity contribution in [1.29, 1.82) is 0 Å². The van der Waals surface area contributed by atoms with Crippen molar-refractivity contribution in [3.8, 4) is 0 Å². The van der Waals surface area contributed by atoms with Gasteiger partial charge in [0.15, 0.2) is 0 Å². The van der Waals surface area contributed by atoms with E-state index in [0.717, 1.165) is 18.8 Å². The van der Waals surface area contributed by atoms with E-state index >= 15 is 0 Å². The molecule has 0 aliphatic carbocycles. The van der Waals surface area contributed by atoms with Gasteiger partial charge in [-0.2, -0.15) is 0 Å². The van der Waals surface area contributed by atoms with Crippen LogP contribution in [0.25, 0.3) is 0 Å². The molecule has 1 atom stereocenters. The second kappa shape index (κ2) is 6.49. The average molecular weight is 193 g/mol. The first kappa shape index (κ1) is 11.1. The van der Waals surface area contributed by atoms with Crippen molar-refractivity contribution < 1.29 is 0 Å². The van der Waals surface area contributed by atoms with Crippen LogP contribution in [0, 0.1) is 0 Å². The Bertz CT molecular complexity index is 230. The predicted octanol–water partition coefficient (Wildman–Crippen LogP) is 1.80. The van der Waals surface area contributed by atoms with Crippen molar-refractivity contribution in [2.24, 2.45) is 0 Å². The van der Waals surface area contributed by atoms with Gasteiger partial charge in [0.1, 0.15) is 5.82 Å². The quantitative estimate of drug-likeness (QED) is 0.748. The van der Waals surface area contributed by atoms with Crippen molar-refractivity contribution in [2.75, 3.05) is 6.54 Å². The zero-order chi connectivity index (χ0) is 10.2. The van der Waals surface area contributed by atoms with Gasteiger partial charge in [-0.05, 0) is 19.0 Å². The largest absolute Gasteiger partial charge is 0.314 e. The van der Waals surface area contributed by atoms with Crippen molar-refractivity contribution in [2.45, 2.75) is 39.2 Å². The van der Waals surface area contributed by atoms with Crippen LogP contribution in [0.4, 0.5) is 0 Å². The van der Waals surface area contributed by atoms with Gasteiger partial charge in [0.05, 0.1) is 0 Å². The van der Waals surface area contributed by atoms with Crippen LogP contribution in [0.1, 0.15) is 32.5 Å². The Labute approximate surface area is 86.0 Å². The fraction of sp³-hybridized carbons (Fsp3) is 0.636. The molecule has 0 bridgehead atoms. The van der Waals surface area contributed by atoms with E-state index in [2.05, 4.69) is 29.1 Å². The van der Waals surface area contributed by atoms with Crippen molar-refractivity contribution >= 4 is 0 Å². The Morgan fingerprint density at radius 2 is 2.00 bits per heavy atom. The average Bonchev–Trinajstić information content (AvgIpc) is 2.20. The van der Waals surface area contributed by atoms with E-state index < -0.39 is 0 Å². The van der Waals surface area contributed by atoms with Crippen LogP contribution < -0.4 is 5.32 Å². The summed E-state index contributed by atoms with van der Waals surface area (Å²) in [6, 6.07) is 2.37. The molecule has 0 radical (unpaired) electrons. The molecule has 0 spiro atoms. The number of aromatic nitrogens is 2. The van der Waals surface area contributed by atoms with E-state index in [1.54, 1.807) is 12.4 Å². The number of nitrogens with zero attached hydrogens (tertiary/aromatic N) is 2. The van der Waals surface area contributed by atoms with E-state index in [1.165, 1.54) is 12.8 Å². The molecule has 0 aromatic carbocycles. The van der Waals surface area contributed by atoms with Gasteiger partial charge in [0, 0.05) is 24.9 Å². The number of hydrogen-bond acceptors (Lipinski definition) is 3. The molecular formula is C11H19N3. The summed E-state index contributed by atoms with van der Waals surface area (Å²) in [6.07, 6.45) is 6.92. The van der Waals surface area contributed by atoms with E-state index in [9.17, 15) is 0 Å². The summed E-state index contributed by atoms with van der Waals surface area (Å²) in [6.45, 7) is 5.35. The molecule has 0 fully saturated rings. The maximum Gasteiger partial charge on any atom is 0.129 e. The van der Waals surface area contributed by atoms with Crippen molar-refractivity contribution in [3.63, 3.8) is 0 Å². The maximum atomic E-state index is 4.23. The Kier molecular flexibility index (Phi) is 5.15. The molecule has 0 aliphatic heterocycles. The van der Waals surface area contributed by atoms with Crippen molar-refractivity contribution in [3.05, 3.63) is 24.3 Å². The summed E-state index contributed by atoms with van der Waals surface area (Å²) < 4.78 is 0. The van der Waals surface area contributed by atoms with Crippen LogP contribution in [0.15, 0.2) is 18.5 Å². The lowest BCUT2D eigenvalue weighted by Gasteiger charge is -2.15. The van der Waals surface area contributed by atoms with Gasteiger partial charge >= 0.3 is 0 Å². The van der Waals surface area contributed by atoms with Gasteiger partial charge in [-0.3, -0.25) is 0 Å². The zero-order valence-electron chi connectivity index (χ0n) is 9.03. The first-order valence-corrected chi connectivity index (χ1v) is 5.36. The lowest BCUT2D eigenvalue weighted by molar-refractivity contribution is 0.477. The second-order valence-electron chi connectivity index (χ2n) is 3.41. The second-order valence-corrected chi connectivity index (χ2v) is 3.41. The zero-order valence-corrected chi connectivity index (χ0v) is 9.03. The molecular weight excluding hydrogens is 174 g/mol. The number of rotatable bonds is 6. The molecule has 1 heterocycles. The molecule has 1 aromatic rings. The van der Waals surface area contributed by atoms with Crippen LogP contribution in [-0.4, -0.2) is 22.6 Å². The van der Waals surface area contributed by atoms with Crippen molar-refractivity contribution in [1.82, 2.24) is 15.3 Å². The highest BCUT2D eigenvalue weighted by atomic mass is 14.9. The summed E-state index contributed by atoms with van der Waals surface area (Å²) in [5.74, 6) is 0.937. The molecule has 0 amide bonds. The third-order valence-electron chi connectivity index (χ3n) is 2.18. The fourth-order valence-corrected chi connectivity index (χ4v) is 1.57. The standard InChI is InChI=1S/C11H19N3/c1-3-6-10(12-4-2)9-11-13-7-5-8-14-11/h5,7-8,10,12H,3-4,6,9H2,1-2H3. The smallest absolute Gasteiger partial charge is 0.129 e. The molecule has 0 saturated carbocycles. The van der Waals surface area contributed by atoms with Crippen LogP contribution in [-0.2, 0) is 6.42 Å². The third kappa shape index (κ3) is 3.83. The predicted molar refractivity (Wildman–Crippen MR) is 58.1 cm³/mol. The van der Waals surface area contributed by atoms with Gasteiger partial charge in [0.25, 0.3) is 0 Å². The highest BCUT2D eigenvalue weighted by Gasteiger charge is 2.08. The molecule has 3 nitrogen and oxygen atoms in total. The molecule has 78 valence electrons. The van der Waals surface area contributed by atoms with Gasteiger partial charge in [0.2, 0.25) is 0 Å². The topological polar surface area (TPSA) is 37.8 Å². The number of hydrogen-bond donors (Lipinski definition) is 1. The fourth-order valence-electron chi connectivity index (χ4n) is 1.57. The molecule has 3 heteroatoms. The summed E-state index contributed by atoms with van der Waals surface area (Å²) >= 11 is 0. The molecule has 1 N–H and O–H groups in total. The summed E-state index contributed by atoms with van der Waals surface area (Å²) in [7, 11) is 0. The SMILES string of the molecule is CCCC(Cc1ncccn1)NCC. The lowest BCUT2D eigenvalue weighted by atomic mass is 10.1. The molecule has 1 unspecified atom stereocenters. The summed E-state index contributed by atoms with van der Waals surface area (Å²) in [4.78, 5) is 8.46. The molecule has 0 saturated heterocycles. The first-order valence-electron chi connectivity index (χ1n) is 5.36. The third-order valence-corrected chi connectivity index (χ3v) is 2.18. The van der Waals surface area contributed by atoms with Crippen LogP contribution >= 0.6 is 0 Å². The van der Waals surface area contributed by atoms with Crippen LogP contribution in [0.2, 0.25) is 0 Å². The minimum Gasteiger partial charge on any atom is -0.314 e. The molecule has 0 aliphatic rings. The number of nitrogens with one attached hydrogen (secondary N) is 1. The Morgan fingerprint density at radius 3 is 2.57 bits per heavy atom. The van der Waals surface area contributed by atoms with Crippen LogP contribution in [0.5, 0.6) is 0 Å². The normalized spacial score (nSPS) is 12.7. The Hall–Kier alpha value is -0.960. The van der Waals surface area contributed by atoms with E-state index in [0.29, 0.717) is 6.04 Å². The highest BCUT2D eigenvalue weighted by Crippen LogP contribution is 2.02. The minimum absolute atomic E-state index is 0.521. The minimum atomic E-state index is 0.521. The first-order chi connectivity index (χ1) is 6.86.